The smallest absolute Gasteiger partial charge is 0.253 e. The SMILES string of the molecule is Cc1nnc(C(CC(C)C)NC(=O)c2ccccc2Br)o1. The molecule has 0 saturated heterocycles. The Hall–Kier alpha value is -1.69. The van der Waals surface area contributed by atoms with E-state index in [0.29, 0.717) is 23.3 Å². The quantitative estimate of drug-likeness (QED) is 0.892. The highest BCUT2D eigenvalue weighted by molar-refractivity contribution is 9.10. The summed E-state index contributed by atoms with van der Waals surface area (Å²) in [6.45, 7) is 5.90. The average molecular weight is 352 g/mol. The van der Waals surface area contributed by atoms with E-state index in [0.717, 1.165) is 10.9 Å². The first kappa shape index (κ1) is 15.7. The predicted octanol–water partition coefficient (Wildman–Crippen LogP) is 3.66. The topological polar surface area (TPSA) is 68.0 Å². The lowest BCUT2D eigenvalue weighted by atomic mass is 10.0. The van der Waals surface area contributed by atoms with Crippen LogP contribution in [0.25, 0.3) is 0 Å². The van der Waals surface area contributed by atoms with Crippen molar-refractivity contribution in [3.05, 3.63) is 46.1 Å². The van der Waals surface area contributed by atoms with Gasteiger partial charge < -0.3 is 9.73 Å². The van der Waals surface area contributed by atoms with Gasteiger partial charge in [0.1, 0.15) is 6.04 Å². The zero-order valence-corrected chi connectivity index (χ0v) is 13.8. The number of amides is 1. The van der Waals surface area contributed by atoms with Gasteiger partial charge in [-0.25, -0.2) is 0 Å². The van der Waals surface area contributed by atoms with Crippen molar-refractivity contribution in [3.8, 4) is 0 Å². The number of nitrogens with one attached hydrogen (secondary N) is 1. The van der Waals surface area contributed by atoms with E-state index in [1.165, 1.54) is 0 Å². The average Bonchev–Trinajstić information content (AvgIpc) is 2.84. The highest BCUT2D eigenvalue weighted by atomic mass is 79.9. The molecule has 0 aliphatic heterocycles. The summed E-state index contributed by atoms with van der Waals surface area (Å²) in [6, 6.07) is 7.02. The second kappa shape index (κ2) is 6.85. The molecule has 0 aliphatic carbocycles. The Morgan fingerprint density at radius 3 is 2.62 bits per heavy atom. The van der Waals surface area contributed by atoms with Crippen molar-refractivity contribution in [2.75, 3.05) is 0 Å². The molecule has 0 spiro atoms. The van der Waals surface area contributed by atoms with Gasteiger partial charge >= 0.3 is 0 Å². The lowest BCUT2D eigenvalue weighted by molar-refractivity contribution is 0.0923. The maximum absolute atomic E-state index is 12.4. The normalized spacial score (nSPS) is 12.4. The summed E-state index contributed by atoms with van der Waals surface area (Å²) >= 11 is 3.39. The maximum atomic E-state index is 12.4. The van der Waals surface area contributed by atoms with Crippen LogP contribution in [-0.2, 0) is 0 Å². The first-order valence-corrected chi connectivity index (χ1v) is 7.62. The zero-order chi connectivity index (χ0) is 15.4. The van der Waals surface area contributed by atoms with Crippen LogP contribution in [0.4, 0.5) is 0 Å². The molecule has 1 aromatic heterocycles. The summed E-state index contributed by atoms with van der Waals surface area (Å²) in [7, 11) is 0. The fraction of sp³-hybridized carbons (Fsp3) is 0.400. The van der Waals surface area contributed by atoms with E-state index in [4.69, 9.17) is 4.42 Å². The lowest BCUT2D eigenvalue weighted by Gasteiger charge is -2.17. The van der Waals surface area contributed by atoms with E-state index in [1.807, 2.05) is 18.2 Å². The number of carbonyl (C=O) groups excluding carboxylic acids is 1. The molecular formula is C15H18BrN3O2. The number of benzene rings is 1. The van der Waals surface area contributed by atoms with Crippen LogP contribution in [0.2, 0.25) is 0 Å². The van der Waals surface area contributed by atoms with Crippen LogP contribution in [0.3, 0.4) is 0 Å². The number of nitrogens with zero attached hydrogens (tertiary/aromatic N) is 2. The van der Waals surface area contributed by atoms with Crippen LogP contribution in [0.1, 0.15) is 48.4 Å². The molecule has 2 rings (SSSR count). The van der Waals surface area contributed by atoms with E-state index in [2.05, 4.69) is 45.3 Å². The highest BCUT2D eigenvalue weighted by Crippen LogP contribution is 2.22. The molecule has 1 amide bonds. The van der Waals surface area contributed by atoms with E-state index in [-0.39, 0.29) is 11.9 Å². The number of rotatable bonds is 5. The summed E-state index contributed by atoms with van der Waals surface area (Å²) in [6.07, 6.45) is 0.734. The third-order valence-electron chi connectivity index (χ3n) is 2.97. The molecule has 1 unspecified atom stereocenters. The minimum Gasteiger partial charge on any atom is -0.423 e. The van der Waals surface area contributed by atoms with Gasteiger partial charge in [0.15, 0.2) is 0 Å². The Kier molecular flexibility index (Phi) is 5.12. The molecule has 2 aromatic rings. The van der Waals surface area contributed by atoms with Crippen LogP contribution >= 0.6 is 15.9 Å². The number of aryl methyl sites for hydroxylation is 1. The predicted molar refractivity (Wildman–Crippen MR) is 82.8 cm³/mol. The van der Waals surface area contributed by atoms with Crippen molar-refractivity contribution in [3.63, 3.8) is 0 Å². The number of hydrogen-bond acceptors (Lipinski definition) is 4. The standard InChI is InChI=1S/C15H18BrN3O2/c1-9(2)8-13(15-19-18-10(3)21-15)17-14(20)11-6-4-5-7-12(11)16/h4-7,9,13H,8H2,1-3H3,(H,17,20). The van der Waals surface area contributed by atoms with E-state index >= 15 is 0 Å². The molecule has 6 heteroatoms. The van der Waals surface area contributed by atoms with Crippen molar-refractivity contribution >= 4 is 21.8 Å². The second-order valence-electron chi connectivity index (χ2n) is 5.29. The van der Waals surface area contributed by atoms with Gasteiger partial charge in [-0.3, -0.25) is 4.79 Å². The van der Waals surface area contributed by atoms with Gasteiger partial charge in [0.2, 0.25) is 11.8 Å². The molecule has 0 aliphatic rings. The van der Waals surface area contributed by atoms with Gasteiger partial charge in [-0.15, -0.1) is 10.2 Å². The molecule has 5 nitrogen and oxygen atoms in total. The molecule has 0 radical (unpaired) electrons. The summed E-state index contributed by atoms with van der Waals surface area (Å²) in [5, 5.41) is 10.8. The summed E-state index contributed by atoms with van der Waals surface area (Å²) < 4.78 is 6.22. The van der Waals surface area contributed by atoms with Crippen molar-refractivity contribution in [1.29, 1.82) is 0 Å². The Balaban J connectivity index is 2.19. The van der Waals surface area contributed by atoms with Crippen LogP contribution < -0.4 is 5.32 Å². The molecule has 21 heavy (non-hydrogen) atoms. The van der Waals surface area contributed by atoms with Gasteiger partial charge in [0.05, 0.1) is 5.56 Å². The minimum absolute atomic E-state index is 0.163. The van der Waals surface area contributed by atoms with Crippen LogP contribution in [0.15, 0.2) is 33.2 Å². The first-order valence-electron chi connectivity index (χ1n) is 6.82. The second-order valence-corrected chi connectivity index (χ2v) is 6.15. The molecule has 0 saturated carbocycles. The molecule has 1 N–H and O–H groups in total. The van der Waals surface area contributed by atoms with Crippen LogP contribution in [0.5, 0.6) is 0 Å². The number of hydrogen-bond donors (Lipinski definition) is 1. The number of halogens is 1. The molecular weight excluding hydrogens is 334 g/mol. The van der Waals surface area contributed by atoms with Crippen molar-refractivity contribution in [2.45, 2.75) is 33.2 Å². The van der Waals surface area contributed by atoms with Gasteiger partial charge in [-0.05, 0) is 40.4 Å². The van der Waals surface area contributed by atoms with Crippen LogP contribution in [-0.4, -0.2) is 16.1 Å². The third-order valence-corrected chi connectivity index (χ3v) is 3.66. The minimum atomic E-state index is -0.286. The molecule has 112 valence electrons. The highest BCUT2D eigenvalue weighted by Gasteiger charge is 2.22. The van der Waals surface area contributed by atoms with Gasteiger partial charge in [0, 0.05) is 11.4 Å². The zero-order valence-electron chi connectivity index (χ0n) is 12.3. The van der Waals surface area contributed by atoms with Crippen molar-refractivity contribution in [2.24, 2.45) is 5.92 Å². The lowest BCUT2D eigenvalue weighted by Crippen LogP contribution is -2.30. The van der Waals surface area contributed by atoms with E-state index in [9.17, 15) is 4.79 Å². The van der Waals surface area contributed by atoms with E-state index < -0.39 is 0 Å². The maximum Gasteiger partial charge on any atom is 0.253 e. The fourth-order valence-electron chi connectivity index (χ4n) is 2.03. The first-order chi connectivity index (χ1) is 9.97. The molecule has 1 aromatic carbocycles. The summed E-state index contributed by atoms with van der Waals surface area (Å²) in [5.74, 6) is 1.17. The Bertz CT molecular complexity index is 625. The molecule has 1 atom stereocenters. The Morgan fingerprint density at radius 2 is 2.05 bits per heavy atom. The van der Waals surface area contributed by atoms with Crippen LogP contribution in [0, 0.1) is 12.8 Å². The Morgan fingerprint density at radius 1 is 1.33 bits per heavy atom. The Labute approximate surface area is 132 Å². The largest absolute Gasteiger partial charge is 0.423 e. The van der Waals surface area contributed by atoms with Crippen molar-refractivity contribution in [1.82, 2.24) is 15.5 Å². The summed E-state index contributed by atoms with van der Waals surface area (Å²) in [5.41, 5.74) is 0.586. The summed E-state index contributed by atoms with van der Waals surface area (Å²) in [4.78, 5) is 12.4. The number of carbonyl (C=O) groups is 1. The van der Waals surface area contributed by atoms with Gasteiger partial charge in [-0.2, -0.15) is 0 Å². The van der Waals surface area contributed by atoms with Gasteiger partial charge in [-0.1, -0.05) is 26.0 Å². The third kappa shape index (κ3) is 4.14. The molecule has 0 fully saturated rings. The van der Waals surface area contributed by atoms with Crippen molar-refractivity contribution < 1.29 is 9.21 Å². The monoisotopic (exact) mass is 351 g/mol. The van der Waals surface area contributed by atoms with E-state index in [1.54, 1.807) is 13.0 Å². The number of aromatic nitrogens is 2. The molecule has 0 bridgehead atoms. The van der Waals surface area contributed by atoms with Gasteiger partial charge in [0.25, 0.3) is 5.91 Å². The molecule has 1 heterocycles. The fourth-order valence-corrected chi connectivity index (χ4v) is 2.49.